The highest BCUT2D eigenvalue weighted by Gasteiger charge is 2.35. The SMILES string of the molecule is CCOC(=O)C1=C(C)N=c2s/c(=C/c3ccc(OCC)c(OC)c3)c(=O)n2[C@H]1c1cc(OC)c(OCC)cc1Br. The van der Waals surface area contributed by atoms with E-state index in [0.29, 0.717) is 61.3 Å². The summed E-state index contributed by atoms with van der Waals surface area (Å²) in [6, 6.07) is 8.20. The zero-order chi connectivity index (χ0) is 29.0. The summed E-state index contributed by atoms with van der Waals surface area (Å²) in [4.78, 5) is 32.3. The number of fused-ring (bicyclic) bond motifs is 1. The molecule has 0 N–H and O–H groups in total. The molecule has 1 atom stereocenters. The van der Waals surface area contributed by atoms with Crippen molar-refractivity contribution in [1.82, 2.24) is 4.57 Å². The summed E-state index contributed by atoms with van der Waals surface area (Å²) in [6.45, 7) is 8.38. The average molecular weight is 632 g/mol. The number of thiazole rings is 1. The van der Waals surface area contributed by atoms with Crippen LogP contribution in [0.1, 0.15) is 44.9 Å². The summed E-state index contributed by atoms with van der Waals surface area (Å²) in [6.07, 6.45) is 1.77. The summed E-state index contributed by atoms with van der Waals surface area (Å²) < 4.78 is 30.4. The first-order chi connectivity index (χ1) is 19.3. The molecule has 1 aromatic heterocycles. The van der Waals surface area contributed by atoms with Gasteiger partial charge in [0.1, 0.15) is 0 Å². The Hall–Kier alpha value is -3.57. The fourth-order valence-electron chi connectivity index (χ4n) is 4.47. The minimum absolute atomic E-state index is 0.181. The highest BCUT2D eigenvalue weighted by molar-refractivity contribution is 9.10. The molecule has 0 aliphatic carbocycles. The molecule has 0 radical (unpaired) electrons. The Bertz CT molecular complexity index is 1640. The van der Waals surface area contributed by atoms with Gasteiger partial charge in [-0.15, -0.1) is 0 Å². The van der Waals surface area contributed by atoms with E-state index in [9.17, 15) is 9.59 Å². The number of hydrogen-bond acceptors (Lipinski definition) is 9. The second-order valence-electron chi connectivity index (χ2n) is 8.60. The highest BCUT2D eigenvalue weighted by atomic mass is 79.9. The van der Waals surface area contributed by atoms with Crippen molar-refractivity contribution in [3.63, 3.8) is 0 Å². The lowest BCUT2D eigenvalue weighted by molar-refractivity contribution is -0.139. The number of hydrogen-bond donors (Lipinski definition) is 0. The quantitative estimate of drug-likeness (QED) is 0.307. The van der Waals surface area contributed by atoms with Crippen molar-refractivity contribution in [3.8, 4) is 23.0 Å². The maximum absolute atomic E-state index is 14.0. The minimum atomic E-state index is -0.814. The maximum atomic E-state index is 14.0. The van der Waals surface area contributed by atoms with Crippen molar-refractivity contribution >= 4 is 39.3 Å². The van der Waals surface area contributed by atoms with Crippen LogP contribution in [0.3, 0.4) is 0 Å². The first kappa shape index (κ1) is 29.4. The summed E-state index contributed by atoms with van der Waals surface area (Å²) in [7, 11) is 3.11. The van der Waals surface area contributed by atoms with Crippen LogP contribution >= 0.6 is 27.3 Å². The third kappa shape index (κ3) is 5.66. The van der Waals surface area contributed by atoms with Crippen molar-refractivity contribution in [2.45, 2.75) is 33.7 Å². The Morgan fingerprint density at radius 3 is 2.33 bits per heavy atom. The molecule has 0 fully saturated rings. The third-order valence-corrected chi connectivity index (χ3v) is 7.85. The van der Waals surface area contributed by atoms with Crippen LogP contribution in [-0.2, 0) is 9.53 Å². The molecule has 4 rings (SSSR count). The number of nitrogens with zero attached hydrogens (tertiary/aromatic N) is 2. The van der Waals surface area contributed by atoms with Gasteiger partial charge in [-0.05, 0) is 69.2 Å². The fraction of sp³-hybridized carbons (Fsp3) is 0.345. The Kier molecular flexibility index (Phi) is 9.36. The molecular formula is C29H31BrN2O7S. The zero-order valence-corrected chi connectivity index (χ0v) is 25.6. The number of halogens is 1. The number of rotatable bonds is 10. The molecule has 0 saturated carbocycles. The molecule has 11 heteroatoms. The number of methoxy groups -OCH3 is 2. The number of allylic oxidation sites excluding steroid dienone is 1. The van der Waals surface area contributed by atoms with Gasteiger partial charge in [-0.3, -0.25) is 9.36 Å². The van der Waals surface area contributed by atoms with E-state index in [2.05, 4.69) is 20.9 Å². The van der Waals surface area contributed by atoms with Crippen LogP contribution in [0.25, 0.3) is 6.08 Å². The lowest BCUT2D eigenvalue weighted by Crippen LogP contribution is -2.40. The summed E-state index contributed by atoms with van der Waals surface area (Å²) in [5.41, 5.74) is 1.84. The van der Waals surface area contributed by atoms with Gasteiger partial charge in [0.25, 0.3) is 5.56 Å². The molecule has 40 heavy (non-hydrogen) atoms. The molecule has 0 amide bonds. The van der Waals surface area contributed by atoms with E-state index in [0.717, 1.165) is 5.56 Å². The molecular weight excluding hydrogens is 600 g/mol. The second-order valence-corrected chi connectivity index (χ2v) is 10.5. The van der Waals surface area contributed by atoms with Gasteiger partial charge in [0.05, 0.1) is 55.9 Å². The van der Waals surface area contributed by atoms with Crippen LogP contribution in [0.5, 0.6) is 23.0 Å². The number of ether oxygens (including phenoxy) is 5. The predicted molar refractivity (Wildman–Crippen MR) is 156 cm³/mol. The summed E-state index contributed by atoms with van der Waals surface area (Å²) in [5.74, 6) is 1.65. The average Bonchev–Trinajstić information content (AvgIpc) is 3.23. The van der Waals surface area contributed by atoms with Gasteiger partial charge in [-0.2, -0.15) is 0 Å². The number of benzene rings is 2. The van der Waals surface area contributed by atoms with E-state index < -0.39 is 12.0 Å². The van der Waals surface area contributed by atoms with Gasteiger partial charge >= 0.3 is 5.97 Å². The molecule has 212 valence electrons. The van der Waals surface area contributed by atoms with Crippen LogP contribution in [-0.4, -0.2) is 44.6 Å². The minimum Gasteiger partial charge on any atom is -0.493 e. The molecule has 2 heterocycles. The smallest absolute Gasteiger partial charge is 0.338 e. The lowest BCUT2D eigenvalue weighted by Gasteiger charge is -2.26. The van der Waals surface area contributed by atoms with E-state index in [-0.39, 0.29) is 17.7 Å². The van der Waals surface area contributed by atoms with Crippen molar-refractivity contribution in [1.29, 1.82) is 0 Å². The molecule has 9 nitrogen and oxygen atoms in total. The van der Waals surface area contributed by atoms with Crippen LogP contribution in [0.15, 0.2) is 55.9 Å². The lowest BCUT2D eigenvalue weighted by atomic mass is 9.95. The van der Waals surface area contributed by atoms with Gasteiger partial charge in [0, 0.05) is 4.47 Å². The number of carbonyl (C=O) groups excluding carboxylic acids is 1. The third-order valence-electron chi connectivity index (χ3n) is 6.18. The fourth-order valence-corrected chi connectivity index (χ4v) is 6.06. The van der Waals surface area contributed by atoms with Crippen LogP contribution in [0, 0.1) is 0 Å². The molecule has 1 aliphatic rings. The van der Waals surface area contributed by atoms with Gasteiger partial charge < -0.3 is 23.7 Å². The Labute approximate surface area is 244 Å². The molecule has 0 spiro atoms. The molecule has 0 bridgehead atoms. The standard InChI is InChI=1S/C29H31BrN2O7S/c1-7-37-20-11-10-17(12-21(20)35-5)13-24-27(33)32-26(18-14-22(36-6)23(38-8-2)15-19(18)30)25(28(34)39-9-3)16(4)31-29(32)40-24/h10-15,26H,7-9H2,1-6H3/b24-13+/t26-/m0/s1. The van der Waals surface area contributed by atoms with E-state index in [4.69, 9.17) is 23.7 Å². The number of esters is 1. The van der Waals surface area contributed by atoms with Crippen molar-refractivity contribution in [3.05, 3.63) is 76.9 Å². The normalized spacial score (nSPS) is 14.9. The number of aromatic nitrogens is 1. The van der Waals surface area contributed by atoms with Gasteiger partial charge in [-0.1, -0.05) is 33.3 Å². The molecule has 2 aromatic carbocycles. The van der Waals surface area contributed by atoms with Crippen molar-refractivity contribution < 1.29 is 28.5 Å². The van der Waals surface area contributed by atoms with Gasteiger partial charge in [-0.25, -0.2) is 9.79 Å². The Morgan fingerprint density at radius 2 is 1.68 bits per heavy atom. The van der Waals surface area contributed by atoms with Crippen LogP contribution < -0.4 is 33.8 Å². The first-order valence-electron chi connectivity index (χ1n) is 12.8. The molecule has 1 aliphatic heterocycles. The molecule has 3 aromatic rings. The topological polar surface area (TPSA) is 97.6 Å². The molecule has 0 saturated heterocycles. The van der Waals surface area contributed by atoms with Crippen LogP contribution in [0.2, 0.25) is 0 Å². The largest absolute Gasteiger partial charge is 0.493 e. The van der Waals surface area contributed by atoms with E-state index >= 15 is 0 Å². The highest BCUT2D eigenvalue weighted by Crippen LogP contribution is 2.41. The van der Waals surface area contributed by atoms with Crippen molar-refractivity contribution in [2.75, 3.05) is 34.0 Å². The van der Waals surface area contributed by atoms with E-state index in [1.807, 2.05) is 26.0 Å². The Morgan fingerprint density at radius 1 is 1.00 bits per heavy atom. The second kappa shape index (κ2) is 12.7. The monoisotopic (exact) mass is 630 g/mol. The summed E-state index contributed by atoms with van der Waals surface area (Å²) >= 11 is 4.88. The van der Waals surface area contributed by atoms with Crippen molar-refractivity contribution in [2.24, 2.45) is 4.99 Å². The predicted octanol–water partition coefficient (Wildman–Crippen LogP) is 4.38. The first-order valence-corrected chi connectivity index (χ1v) is 14.4. The number of carbonyl (C=O) groups is 1. The van der Waals surface area contributed by atoms with Gasteiger partial charge in [0.15, 0.2) is 27.8 Å². The van der Waals surface area contributed by atoms with Crippen LogP contribution in [0.4, 0.5) is 0 Å². The van der Waals surface area contributed by atoms with Gasteiger partial charge in [0.2, 0.25) is 0 Å². The zero-order valence-electron chi connectivity index (χ0n) is 23.2. The van der Waals surface area contributed by atoms with E-state index in [1.165, 1.54) is 15.9 Å². The Balaban J connectivity index is 1.96. The molecule has 0 unspecified atom stereocenters. The summed E-state index contributed by atoms with van der Waals surface area (Å²) in [5, 5.41) is 0. The van der Waals surface area contributed by atoms with E-state index in [1.54, 1.807) is 52.3 Å². The maximum Gasteiger partial charge on any atom is 0.338 e.